The van der Waals surface area contributed by atoms with Crippen LogP contribution in [0.2, 0.25) is 0 Å². The molecule has 2 bridgehead atoms. The number of likely N-dealkylation sites (tertiary alicyclic amines) is 1. The van der Waals surface area contributed by atoms with Gasteiger partial charge in [-0.25, -0.2) is 0 Å². The van der Waals surface area contributed by atoms with Crippen LogP contribution in [0.4, 0.5) is 0 Å². The molecule has 6 heteroatoms. The van der Waals surface area contributed by atoms with Crippen LogP contribution < -0.4 is 5.11 Å². The molecule has 1 aromatic rings. The van der Waals surface area contributed by atoms with E-state index in [-0.39, 0.29) is 11.9 Å². The second-order valence-electron chi connectivity index (χ2n) is 6.41. The number of benzene rings is 1. The molecule has 0 radical (unpaired) electrons. The number of rotatable bonds is 3. The molecule has 0 N–H and O–H groups in total. The van der Waals surface area contributed by atoms with Crippen molar-refractivity contribution in [2.24, 2.45) is 11.8 Å². The fourth-order valence-corrected chi connectivity index (χ4v) is 4.31. The Morgan fingerprint density at radius 2 is 2.13 bits per heavy atom. The molecular formula is C17H15BrNO4-. The van der Waals surface area contributed by atoms with Gasteiger partial charge in [-0.05, 0) is 24.6 Å². The van der Waals surface area contributed by atoms with Crippen LogP contribution in [0.15, 0.2) is 40.9 Å². The molecule has 3 aliphatic heterocycles. The van der Waals surface area contributed by atoms with Crippen LogP contribution in [-0.2, 0) is 14.3 Å². The lowest BCUT2D eigenvalue weighted by molar-refractivity contribution is -0.313. The van der Waals surface area contributed by atoms with Gasteiger partial charge in [0.15, 0.2) is 0 Å². The minimum atomic E-state index is -1.21. The topological polar surface area (TPSA) is 69.7 Å². The number of carboxylic acid groups (broad SMARTS) is 1. The fourth-order valence-electron chi connectivity index (χ4n) is 4.05. The smallest absolute Gasteiger partial charge is 0.230 e. The Labute approximate surface area is 142 Å². The second-order valence-corrected chi connectivity index (χ2v) is 7.33. The molecule has 1 spiro atoms. The maximum absolute atomic E-state index is 12.9. The first-order chi connectivity index (χ1) is 10.9. The zero-order valence-electron chi connectivity index (χ0n) is 12.4. The first-order valence-corrected chi connectivity index (χ1v) is 8.36. The maximum atomic E-state index is 12.9. The van der Waals surface area contributed by atoms with Gasteiger partial charge >= 0.3 is 0 Å². The normalized spacial score (nSPS) is 35.7. The summed E-state index contributed by atoms with van der Waals surface area (Å²) < 4.78 is 6.83. The maximum Gasteiger partial charge on any atom is 0.230 e. The van der Waals surface area contributed by atoms with E-state index in [0.29, 0.717) is 6.54 Å². The molecule has 23 heavy (non-hydrogen) atoms. The zero-order valence-corrected chi connectivity index (χ0v) is 14.0. The number of carboxylic acids is 1. The number of hydrogen-bond donors (Lipinski definition) is 0. The van der Waals surface area contributed by atoms with Crippen LogP contribution in [-0.4, -0.2) is 35.0 Å². The highest BCUT2D eigenvalue weighted by molar-refractivity contribution is 9.10. The van der Waals surface area contributed by atoms with Crippen molar-refractivity contribution < 1.29 is 19.4 Å². The van der Waals surface area contributed by atoms with E-state index in [2.05, 4.69) is 15.9 Å². The van der Waals surface area contributed by atoms with Gasteiger partial charge in [0.25, 0.3) is 0 Å². The van der Waals surface area contributed by atoms with Gasteiger partial charge in [0.05, 0.1) is 24.6 Å². The van der Waals surface area contributed by atoms with E-state index in [1.807, 2.05) is 37.3 Å². The van der Waals surface area contributed by atoms with Crippen LogP contribution in [0.1, 0.15) is 18.5 Å². The van der Waals surface area contributed by atoms with E-state index in [9.17, 15) is 14.7 Å². The monoisotopic (exact) mass is 376 g/mol. The van der Waals surface area contributed by atoms with Gasteiger partial charge < -0.3 is 19.5 Å². The molecule has 0 aromatic heterocycles. The van der Waals surface area contributed by atoms with Crippen molar-refractivity contribution in [3.63, 3.8) is 0 Å². The third kappa shape index (κ3) is 2.01. The number of carbonyl (C=O) groups is 2. The molecule has 3 aliphatic rings. The summed E-state index contributed by atoms with van der Waals surface area (Å²) in [5, 5.41) is 11.5. The molecule has 5 atom stereocenters. The van der Waals surface area contributed by atoms with Gasteiger partial charge in [-0.15, -0.1) is 0 Å². The molecule has 2 saturated heterocycles. The summed E-state index contributed by atoms with van der Waals surface area (Å²) in [6.45, 7) is 2.33. The van der Waals surface area contributed by atoms with Gasteiger partial charge in [-0.1, -0.05) is 40.2 Å². The van der Waals surface area contributed by atoms with E-state index in [1.54, 1.807) is 11.0 Å². The summed E-state index contributed by atoms with van der Waals surface area (Å²) in [4.78, 5) is 26.1. The van der Waals surface area contributed by atoms with E-state index in [4.69, 9.17) is 4.74 Å². The summed E-state index contributed by atoms with van der Waals surface area (Å²) in [6, 6.07) is 7.62. The van der Waals surface area contributed by atoms with Crippen molar-refractivity contribution in [3.8, 4) is 0 Å². The Balaban J connectivity index is 1.66. The molecule has 120 valence electrons. The Kier molecular flexibility index (Phi) is 3.19. The molecule has 3 heterocycles. The van der Waals surface area contributed by atoms with Crippen LogP contribution >= 0.6 is 15.9 Å². The Hall–Kier alpha value is -1.66. The van der Waals surface area contributed by atoms with Gasteiger partial charge in [0.2, 0.25) is 5.91 Å². The number of fused-ring (bicyclic) bond motifs is 1. The third-order valence-corrected chi connectivity index (χ3v) is 5.75. The molecule has 0 saturated carbocycles. The van der Waals surface area contributed by atoms with Crippen LogP contribution in [0.25, 0.3) is 0 Å². The minimum absolute atomic E-state index is 0.144. The number of nitrogens with zero attached hydrogens (tertiary/aromatic N) is 1. The number of amides is 1. The third-order valence-electron chi connectivity index (χ3n) is 5.22. The number of halogens is 1. The second kappa shape index (κ2) is 4.92. The average Bonchev–Trinajstić information content (AvgIpc) is 3.15. The molecule has 0 aliphatic carbocycles. The number of aliphatic carboxylic acids is 1. The summed E-state index contributed by atoms with van der Waals surface area (Å²) in [5.74, 6) is -2.95. The van der Waals surface area contributed by atoms with Gasteiger partial charge in [0.1, 0.15) is 5.60 Å². The first kappa shape index (κ1) is 14.9. The molecular weight excluding hydrogens is 362 g/mol. The Morgan fingerprint density at radius 1 is 1.43 bits per heavy atom. The Bertz CT molecular complexity index is 716. The highest BCUT2D eigenvalue weighted by Crippen LogP contribution is 2.53. The predicted molar refractivity (Wildman–Crippen MR) is 83.0 cm³/mol. The number of hydrogen-bond acceptors (Lipinski definition) is 4. The molecule has 1 aromatic carbocycles. The highest BCUT2D eigenvalue weighted by Gasteiger charge is 2.65. The molecule has 2 fully saturated rings. The lowest BCUT2D eigenvalue weighted by atomic mass is 9.77. The number of carbonyl (C=O) groups excluding carboxylic acids is 2. The largest absolute Gasteiger partial charge is 0.550 e. The average molecular weight is 377 g/mol. The van der Waals surface area contributed by atoms with E-state index in [0.717, 1.165) is 10.0 Å². The quantitative estimate of drug-likeness (QED) is 0.739. The van der Waals surface area contributed by atoms with Crippen LogP contribution in [0, 0.1) is 11.8 Å². The predicted octanol–water partition coefficient (Wildman–Crippen LogP) is 1.04. The summed E-state index contributed by atoms with van der Waals surface area (Å²) in [5.41, 5.74) is 0.192. The van der Waals surface area contributed by atoms with Crippen LogP contribution in [0.3, 0.4) is 0 Å². The van der Waals surface area contributed by atoms with E-state index in [1.165, 1.54) is 0 Å². The van der Waals surface area contributed by atoms with E-state index >= 15 is 0 Å². The molecule has 1 amide bonds. The zero-order chi connectivity index (χ0) is 16.4. The summed E-state index contributed by atoms with van der Waals surface area (Å²) >= 11 is 3.40. The standard InChI is InChI=1S/C17H16BrNO4/c1-9(10-2-4-11(18)5-3-10)19-8-17-7-6-12(23-17)13(16(21)22)14(17)15(19)20/h2-7,9,12-14H,8H2,1H3,(H,21,22)/p-1/t9-,12+,13-,14+,17+/m0/s1. The van der Waals surface area contributed by atoms with E-state index < -0.39 is 29.5 Å². The molecule has 0 unspecified atom stereocenters. The van der Waals surface area contributed by atoms with Gasteiger partial charge in [-0.2, -0.15) is 0 Å². The summed E-state index contributed by atoms with van der Waals surface area (Å²) in [6.07, 6.45) is 3.06. The summed E-state index contributed by atoms with van der Waals surface area (Å²) in [7, 11) is 0. The van der Waals surface area contributed by atoms with Crippen molar-refractivity contribution in [3.05, 3.63) is 46.5 Å². The van der Waals surface area contributed by atoms with Crippen molar-refractivity contribution in [1.29, 1.82) is 0 Å². The lowest BCUT2D eigenvalue weighted by Gasteiger charge is -2.28. The lowest BCUT2D eigenvalue weighted by Crippen LogP contribution is -2.45. The highest BCUT2D eigenvalue weighted by atomic mass is 79.9. The van der Waals surface area contributed by atoms with Gasteiger partial charge in [0, 0.05) is 16.4 Å². The van der Waals surface area contributed by atoms with Crippen molar-refractivity contribution in [2.75, 3.05) is 6.54 Å². The molecule has 5 nitrogen and oxygen atoms in total. The van der Waals surface area contributed by atoms with Crippen molar-refractivity contribution in [2.45, 2.75) is 24.7 Å². The minimum Gasteiger partial charge on any atom is -0.550 e. The molecule has 4 rings (SSSR count). The SMILES string of the molecule is C[C@@H](c1ccc(Br)cc1)N1C[C@@]23C=C[C@@H](O2)[C@H](C(=O)[O-])[C@@H]3C1=O. The van der Waals surface area contributed by atoms with Crippen molar-refractivity contribution >= 4 is 27.8 Å². The first-order valence-electron chi connectivity index (χ1n) is 7.57. The number of ether oxygens (including phenoxy) is 1. The fraction of sp³-hybridized carbons (Fsp3) is 0.412. The van der Waals surface area contributed by atoms with Crippen molar-refractivity contribution in [1.82, 2.24) is 4.90 Å². The van der Waals surface area contributed by atoms with Gasteiger partial charge in [-0.3, -0.25) is 4.79 Å². The van der Waals surface area contributed by atoms with Crippen LogP contribution in [0.5, 0.6) is 0 Å². The Morgan fingerprint density at radius 3 is 2.78 bits per heavy atom.